The monoisotopic (exact) mass is 278 g/mol. The van der Waals surface area contributed by atoms with Crippen molar-refractivity contribution in [1.82, 2.24) is 0 Å². The topological polar surface area (TPSA) is 29.5 Å². The third kappa shape index (κ3) is 2.73. The average Bonchev–Trinajstić information content (AvgIpc) is 2.15. The number of aliphatic hydroxyl groups excluding tert-OH is 1. The Balaban J connectivity index is 2.66. The number of aliphatic hydroxyl groups is 1. The molecule has 0 aliphatic heterocycles. The van der Waals surface area contributed by atoms with E-state index in [1.165, 1.54) is 0 Å². The van der Waals surface area contributed by atoms with Crippen LogP contribution in [0.4, 0.5) is 0 Å². The van der Waals surface area contributed by atoms with Gasteiger partial charge in [-0.15, -0.1) is 0 Å². The van der Waals surface area contributed by atoms with Gasteiger partial charge in [-0.3, -0.25) is 0 Å². The van der Waals surface area contributed by atoms with E-state index in [0.717, 1.165) is 5.56 Å². The third-order valence-corrected chi connectivity index (χ3v) is 2.12. The highest BCUT2D eigenvalue weighted by atomic mass is 127. The molecule has 0 aliphatic rings. The molecule has 12 heavy (non-hydrogen) atoms. The second-order valence-corrected chi connectivity index (χ2v) is 3.19. The van der Waals surface area contributed by atoms with Gasteiger partial charge in [0.25, 0.3) is 0 Å². The van der Waals surface area contributed by atoms with Gasteiger partial charge in [0, 0.05) is 5.92 Å². The van der Waals surface area contributed by atoms with Crippen molar-refractivity contribution in [3.8, 4) is 0 Å². The molecule has 0 aliphatic carbocycles. The molecule has 1 atom stereocenters. The van der Waals surface area contributed by atoms with Gasteiger partial charge < -0.3 is 8.17 Å². The van der Waals surface area contributed by atoms with Crippen LogP contribution in [0.5, 0.6) is 0 Å². The molecule has 1 unspecified atom stereocenters. The van der Waals surface area contributed by atoms with E-state index >= 15 is 0 Å². The second kappa shape index (κ2) is 5.50. The van der Waals surface area contributed by atoms with E-state index in [4.69, 9.17) is 8.17 Å². The molecular weight excluding hydrogens is 267 g/mol. The Hall–Kier alpha value is -0.130. The Morgan fingerprint density at radius 2 is 2.00 bits per heavy atom. The van der Waals surface area contributed by atoms with Crippen molar-refractivity contribution in [3.05, 3.63) is 35.9 Å². The maximum absolute atomic E-state index is 9.03. The van der Waals surface area contributed by atoms with Gasteiger partial charge in [0.05, 0.1) is 13.2 Å². The zero-order chi connectivity index (χ0) is 8.81. The Morgan fingerprint density at radius 1 is 1.33 bits per heavy atom. The molecule has 0 saturated heterocycles. The lowest BCUT2D eigenvalue weighted by Crippen LogP contribution is -2.08. The first kappa shape index (κ1) is 9.95. The van der Waals surface area contributed by atoms with Crippen LogP contribution in [0.15, 0.2) is 30.3 Å². The van der Waals surface area contributed by atoms with Crippen LogP contribution in [0.2, 0.25) is 0 Å². The summed E-state index contributed by atoms with van der Waals surface area (Å²) in [5.74, 6) is 0.100. The van der Waals surface area contributed by atoms with E-state index in [2.05, 4.69) is 0 Å². The van der Waals surface area contributed by atoms with Crippen LogP contribution >= 0.6 is 23.0 Å². The van der Waals surface area contributed by atoms with Gasteiger partial charge in [-0.05, 0) is 5.56 Å². The summed E-state index contributed by atoms with van der Waals surface area (Å²) in [5.41, 5.74) is 1.12. The summed E-state index contributed by atoms with van der Waals surface area (Å²) in [6.07, 6.45) is 0. The van der Waals surface area contributed by atoms with E-state index in [0.29, 0.717) is 6.61 Å². The van der Waals surface area contributed by atoms with Crippen molar-refractivity contribution in [1.29, 1.82) is 0 Å². The molecule has 1 aromatic carbocycles. The molecule has 0 spiro atoms. The highest BCUT2D eigenvalue weighted by molar-refractivity contribution is 14.1. The van der Waals surface area contributed by atoms with Gasteiger partial charge in [0.2, 0.25) is 0 Å². The minimum atomic E-state index is 0.100. The highest BCUT2D eigenvalue weighted by Gasteiger charge is 2.08. The van der Waals surface area contributed by atoms with Crippen molar-refractivity contribution < 1.29 is 8.17 Å². The number of hydrogen-bond donors (Lipinski definition) is 1. The number of hydrogen-bond acceptors (Lipinski definition) is 2. The summed E-state index contributed by atoms with van der Waals surface area (Å²) < 4.78 is 4.96. The summed E-state index contributed by atoms with van der Waals surface area (Å²) in [4.78, 5) is 0. The standard InChI is InChI=1S/C9H11IO2/c10-12-7-9(6-11)8-4-2-1-3-5-8/h1-5,9,11H,6-7H2. The number of rotatable bonds is 4. The van der Waals surface area contributed by atoms with Gasteiger partial charge in [-0.2, -0.15) is 0 Å². The molecule has 0 saturated carbocycles. The summed E-state index contributed by atoms with van der Waals surface area (Å²) in [6, 6.07) is 9.88. The van der Waals surface area contributed by atoms with Gasteiger partial charge in [-0.25, -0.2) is 0 Å². The van der Waals surface area contributed by atoms with Gasteiger partial charge in [0.15, 0.2) is 0 Å². The lowest BCUT2D eigenvalue weighted by atomic mass is 10.0. The smallest absolute Gasteiger partial charge is 0.109 e. The zero-order valence-corrected chi connectivity index (χ0v) is 8.77. The first-order valence-corrected chi connectivity index (χ1v) is 4.66. The molecular formula is C9H11IO2. The largest absolute Gasteiger partial charge is 0.396 e. The first-order chi connectivity index (χ1) is 5.88. The molecule has 0 fully saturated rings. The van der Waals surface area contributed by atoms with Crippen molar-refractivity contribution in [2.24, 2.45) is 0 Å². The zero-order valence-electron chi connectivity index (χ0n) is 6.61. The Kier molecular flexibility index (Phi) is 4.57. The van der Waals surface area contributed by atoms with E-state index in [1.807, 2.05) is 53.3 Å². The molecule has 0 amide bonds. The molecule has 0 radical (unpaired) electrons. The van der Waals surface area contributed by atoms with Crippen molar-refractivity contribution in [2.75, 3.05) is 13.2 Å². The Bertz CT molecular complexity index is 213. The lowest BCUT2D eigenvalue weighted by molar-refractivity contribution is 0.231. The third-order valence-electron chi connectivity index (χ3n) is 1.76. The maximum Gasteiger partial charge on any atom is 0.109 e. The van der Waals surface area contributed by atoms with Crippen LogP contribution in [-0.2, 0) is 3.07 Å². The van der Waals surface area contributed by atoms with Gasteiger partial charge >= 0.3 is 0 Å². The predicted octanol–water partition coefficient (Wildman–Crippen LogP) is 2.13. The molecule has 66 valence electrons. The number of benzene rings is 1. The molecule has 3 heteroatoms. The SMILES string of the molecule is OCC(COI)c1ccccc1. The van der Waals surface area contributed by atoms with Crippen LogP contribution in [0.1, 0.15) is 11.5 Å². The van der Waals surface area contributed by atoms with Crippen molar-refractivity contribution >= 4 is 23.0 Å². The number of halogens is 1. The van der Waals surface area contributed by atoms with Crippen LogP contribution in [0.25, 0.3) is 0 Å². The van der Waals surface area contributed by atoms with Gasteiger partial charge in [-0.1, -0.05) is 30.3 Å². The summed E-state index contributed by atoms with van der Waals surface area (Å²) in [5, 5.41) is 9.03. The molecule has 1 N–H and O–H groups in total. The molecule has 1 aromatic rings. The summed E-state index contributed by atoms with van der Waals surface area (Å²) in [7, 11) is 0. The molecule has 0 bridgehead atoms. The maximum atomic E-state index is 9.03. The van der Waals surface area contributed by atoms with E-state index in [-0.39, 0.29) is 12.5 Å². The molecule has 0 heterocycles. The van der Waals surface area contributed by atoms with Gasteiger partial charge in [0.1, 0.15) is 23.0 Å². The highest BCUT2D eigenvalue weighted by Crippen LogP contribution is 2.15. The minimum absolute atomic E-state index is 0.100. The fraction of sp³-hybridized carbons (Fsp3) is 0.333. The van der Waals surface area contributed by atoms with E-state index in [9.17, 15) is 0 Å². The van der Waals surface area contributed by atoms with Crippen LogP contribution in [-0.4, -0.2) is 18.3 Å². The fourth-order valence-electron chi connectivity index (χ4n) is 1.06. The second-order valence-electron chi connectivity index (χ2n) is 2.57. The lowest BCUT2D eigenvalue weighted by Gasteiger charge is -2.11. The first-order valence-electron chi connectivity index (χ1n) is 3.78. The molecule has 0 aromatic heterocycles. The van der Waals surface area contributed by atoms with E-state index < -0.39 is 0 Å². The van der Waals surface area contributed by atoms with Crippen molar-refractivity contribution in [2.45, 2.75) is 5.92 Å². The Labute approximate surface area is 86.2 Å². The molecule has 2 nitrogen and oxygen atoms in total. The normalized spacial score (nSPS) is 12.8. The predicted molar refractivity (Wildman–Crippen MR) is 56.2 cm³/mol. The summed E-state index contributed by atoms with van der Waals surface area (Å²) >= 11 is 1.84. The van der Waals surface area contributed by atoms with Crippen LogP contribution < -0.4 is 0 Å². The summed E-state index contributed by atoms with van der Waals surface area (Å²) in [6.45, 7) is 0.689. The Morgan fingerprint density at radius 3 is 2.50 bits per heavy atom. The average molecular weight is 278 g/mol. The minimum Gasteiger partial charge on any atom is -0.396 e. The van der Waals surface area contributed by atoms with Crippen LogP contribution in [0, 0.1) is 0 Å². The van der Waals surface area contributed by atoms with E-state index in [1.54, 1.807) is 0 Å². The molecule has 1 rings (SSSR count). The quantitative estimate of drug-likeness (QED) is 0.855. The van der Waals surface area contributed by atoms with Crippen LogP contribution in [0.3, 0.4) is 0 Å². The fourth-order valence-corrected chi connectivity index (χ4v) is 1.49. The van der Waals surface area contributed by atoms with Crippen molar-refractivity contribution in [3.63, 3.8) is 0 Å².